The second-order valence-corrected chi connectivity index (χ2v) is 8.36. The topological polar surface area (TPSA) is 43.1 Å². The summed E-state index contributed by atoms with van der Waals surface area (Å²) in [5.41, 5.74) is 6.21. The quantitative estimate of drug-likeness (QED) is 0.908. The van der Waals surface area contributed by atoms with Gasteiger partial charge in [-0.2, -0.15) is 0 Å². The van der Waals surface area contributed by atoms with Crippen LogP contribution < -0.4 is 5.73 Å². The minimum Gasteiger partial charge on any atom is -0.327 e. The van der Waals surface area contributed by atoms with Gasteiger partial charge in [0.2, 0.25) is 0 Å². The van der Waals surface area contributed by atoms with E-state index in [1.54, 1.807) is 0 Å². The summed E-state index contributed by atoms with van der Waals surface area (Å²) in [7, 11) is -0.991. The van der Waals surface area contributed by atoms with Gasteiger partial charge >= 0.3 is 0 Å². The van der Waals surface area contributed by atoms with E-state index in [4.69, 9.17) is 5.73 Å². The normalized spacial score (nSPS) is 29.4. The molecule has 1 aromatic rings. The molecule has 0 aliphatic heterocycles. The van der Waals surface area contributed by atoms with Crippen molar-refractivity contribution in [2.45, 2.75) is 49.3 Å². The summed E-state index contributed by atoms with van der Waals surface area (Å²) in [6, 6.07) is 7.83. The third kappa shape index (κ3) is 3.67. The van der Waals surface area contributed by atoms with Crippen LogP contribution in [0.25, 0.3) is 0 Å². The second kappa shape index (κ2) is 6.51. The Balaban J connectivity index is 2.14. The lowest BCUT2D eigenvalue weighted by Crippen LogP contribution is -2.43. The van der Waals surface area contributed by atoms with Gasteiger partial charge in [-0.05, 0) is 55.4 Å². The molecule has 0 spiro atoms. The molecular formula is C15H22BrNOS. The van der Waals surface area contributed by atoms with Gasteiger partial charge in [0.05, 0.1) is 16.0 Å². The van der Waals surface area contributed by atoms with Gasteiger partial charge in [-0.25, -0.2) is 0 Å². The molecule has 2 nitrogen and oxygen atoms in total. The average Bonchev–Trinajstić information content (AvgIpc) is 2.39. The first-order valence-electron chi connectivity index (χ1n) is 6.90. The van der Waals surface area contributed by atoms with Crippen LogP contribution in [0.1, 0.15) is 33.1 Å². The Bertz CT molecular complexity index is 446. The van der Waals surface area contributed by atoms with Gasteiger partial charge in [-0.1, -0.05) is 29.8 Å². The lowest BCUT2D eigenvalue weighted by molar-refractivity contribution is 0.264. The third-order valence-electron chi connectivity index (χ3n) is 4.15. The van der Waals surface area contributed by atoms with Gasteiger partial charge in [0.15, 0.2) is 0 Å². The number of hydrogen-bond acceptors (Lipinski definition) is 2. The van der Waals surface area contributed by atoms with Crippen LogP contribution in [0.5, 0.6) is 0 Å². The molecule has 2 N–H and O–H groups in total. The number of benzene rings is 1. The SMILES string of the molecule is CC(C)C1CCC(N)C(S(=O)c2ccc(Br)cc2)C1. The molecule has 4 heteroatoms. The van der Waals surface area contributed by atoms with Gasteiger partial charge in [-0.15, -0.1) is 0 Å². The Labute approximate surface area is 126 Å². The standard InChI is InChI=1S/C15H22BrNOS/c1-10(2)11-3-8-14(17)15(9-11)19(18)13-6-4-12(16)5-7-13/h4-7,10-11,14-15H,3,8-9,17H2,1-2H3. The number of halogens is 1. The van der Waals surface area contributed by atoms with Crippen molar-refractivity contribution in [2.75, 3.05) is 0 Å². The van der Waals surface area contributed by atoms with Crippen molar-refractivity contribution in [2.24, 2.45) is 17.6 Å². The summed E-state index contributed by atoms with van der Waals surface area (Å²) in [5, 5.41) is 0.0994. The van der Waals surface area contributed by atoms with E-state index in [2.05, 4.69) is 29.8 Å². The van der Waals surface area contributed by atoms with Gasteiger partial charge in [0.25, 0.3) is 0 Å². The van der Waals surface area contributed by atoms with Crippen LogP contribution in [0.4, 0.5) is 0 Å². The fraction of sp³-hybridized carbons (Fsp3) is 0.600. The van der Waals surface area contributed by atoms with E-state index in [-0.39, 0.29) is 11.3 Å². The highest BCUT2D eigenvalue weighted by Gasteiger charge is 2.33. The zero-order chi connectivity index (χ0) is 14.0. The van der Waals surface area contributed by atoms with Crippen molar-refractivity contribution < 1.29 is 4.21 Å². The number of nitrogens with two attached hydrogens (primary N) is 1. The third-order valence-corrected chi connectivity index (χ3v) is 6.50. The maximum Gasteiger partial charge on any atom is 0.0576 e. The fourth-order valence-electron chi connectivity index (χ4n) is 2.78. The molecule has 0 amide bonds. The maximum atomic E-state index is 12.7. The van der Waals surface area contributed by atoms with Crippen LogP contribution in [0, 0.1) is 11.8 Å². The second-order valence-electron chi connectivity index (χ2n) is 5.77. The summed E-state index contributed by atoms with van der Waals surface area (Å²) in [5.74, 6) is 1.31. The molecule has 0 aromatic heterocycles. The molecule has 1 aromatic carbocycles. The smallest absolute Gasteiger partial charge is 0.0576 e. The predicted octanol–water partition coefficient (Wildman–Crippen LogP) is 3.71. The largest absolute Gasteiger partial charge is 0.327 e. The minimum atomic E-state index is -0.991. The van der Waals surface area contributed by atoms with Crippen LogP contribution in [0.2, 0.25) is 0 Å². The number of hydrogen-bond donors (Lipinski definition) is 1. The van der Waals surface area contributed by atoms with Gasteiger partial charge < -0.3 is 5.73 Å². The van der Waals surface area contributed by atoms with Crippen molar-refractivity contribution in [3.05, 3.63) is 28.7 Å². The Morgan fingerprint density at radius 3 is 2.47 bits per heavy atom. The Morgan fingerprint density at radius 2 is 1.89 bits per heavy atom. The minimum absolute atomic E-state index is 0.0690. The van der Waals surface area contributed by atoms with Gasteiger partial charge in [-0.3, -0.25) is 4.21 Å². The van der Waals surface area contributed by atoms with Gasteiger partial charge in [0, 0.05) is 15.4 Å². The average molecular weight is 344 g/mol. The zero-order valence-electron chi connectivity index (χ0n) is 11.5. The Kier molecular flexibility index (Phi) is 5.21. The predicted molar refractivity (Wildman–Crippen MR) is 84.5 cm³/mol. The van der Waals surface area contributed by atoms with E-state index >= 15 is 0 Å². The molecule has 1 saturated carbocycles. The lowest BCUT2D eigenvalue weighted by atomic mass is 9.79. The Morgan fingerprint density at radius 1 is 1.26 bits per heavy atom. The molecule has 106 valence electrons. The molecule has 0 saturated heterocycles. The highest BCUT2D eigenvalue weighted by atomic mass is 79.9. The summed E-state index contributed by atoms with van der Waals surface area (Å²) in [4.78, 5) is 0.896. The van der Waals surface area contributed by atoms with Crippen molar-refractivity contribution in [3.8, 4) is 0 Å². The van der Waals surface area contributed by atoms with Crippen LogP contribution >= 0.6 is 15.9 Å². The van der Waals surface area contributed by atoms with E-state index in [9.17, 15) is 4.21 Å². The molecule has 0 radical (unpaired) electrons. The Hall–Kier alpha value is -0.190. The molecule has 1 aliphatic carbocycles. The van der Waals surface area contributed by atoms with E-state index < -0.39 is 10.8 Å². The summed E-state index contributed by atoms with van der Waals surface area (Å²) < 4.78 is 13.7. The van der Waals surface area contributed by atoms with E-state index in [1.165, 1.54) is 6.42 Å². The highest BCUT2D eigenvalue weighted by molar-refractivity contribution is 9.10. The lowest BCUT2D eigenvalue weighted by Gasteiger charge is -2.35. The molecular weight excluding hydrogens is 322 g/mol. The molecule has 0 bridgehead atoms. The zero-order valence-corrected chi connectivity index (χ0v) is 13.9. The molecule has 0 heterocycles. The summed E-state index contributed by atoms with van der Waals surface area (Å²) >= 11 is 3.41. The highest BCUT2D eigenvalue weighted by Crippen LogP contribution is 2.33. The van der Waals surface area contributed by atoms with E-state index in [0.717, 1.165) is 22.2 Å². The molecule has 2 rings (SSSR count). The van der Waals surface area contributed by atoms with Crippen LogP contribution in [0.3, 0.4) is 0 Å². The summed E-state index contributed by atoms with van der Waals surface area (Å²) in [6.45, 7) is 4.50. The van der Waals surface area contributed by atoms with Crippen LogP contribution in [-0.4, -0.2) is 15.5 Å². The maximum absolute atomic E-state index is 12.7. The molecule has 19 heavy (non-hydrogen) atoms. The molecule has 4 atom stereocenters. The summed E-state index contributed by atoms with van der Waals surface area (Å²) in [6.07, 6.45) is 3.16. The van der Waals surface area contributed by atoms with Crippen LogP contribution in [0.15, 0.2) is 33.6 Å². The van der Waals surface area contributed by atoms with Crippen molar-refractivity contribution in [3.63, 3.8) is 0 Å². The molecule has 4 unspecified atom stereocenters. The molecule has 1 aliphatic rings. The van der Waals surface area contributed by atoms with E-state index in [1.807, 2.05) is 24.3 Å². The first-order valence-corrected chi connectivity index (χ1v) is 8.91. The monoisotopic (exact) mass is 343 g/mol. The van der Waals surface area contributed by atoms with Crippen molar-refractivity contribution >= 4 is 26.7 Å². The fourth-order valence-corrected chi connectivity index (χ4v) is 4.67. The van der Waals surface area contributed by atoms with Crippen molar-refractivity contribution in [1.82, 2.24) is 0 Å². The number of rotatable bonds is 3. The van der Waals surface area contributed by atoms with Crippen LogP contribution in [-0.2, 0) is 10.8 Å². The van der Waals surface area contributed by atoms with Gasteiger partial charge in [0.1, 0.15) is 0 Å². The van der Waals surface area contributed by atoms with E-state index in [0.29, 0.717) is 11.8 Å². The molecule has 1 fully saturated rings. The van der Waals surface area contributed by atoms with Crippen molar-refractivity contribution in [1.29, 1.82) is 0 Å². The first kappa shape index (κ1) is 15.2. The first-order chi connectivity index (χ1) is 8.99.